The number of rotatable bonds is 8. The molecule has 114 valence electrons. The number of aromatic nitrogens is 2. The van der Waals surface area contributed by atoms with Gasteiger partial charge in [0, 0.05) is 18.5 Å². The van der Waals surface area contributed by atoms with Gasteiger partial charge in [-0.3, -0.25) is 0 Å². The van der Waals surface area contributed by atoms with E-state index in [-0.39, 0.29) is 6.10 Å². The summed E-state index contributed by atoms with van der Waals surface area (Å²) in [7, 11) is 0. The minimum atomic E-state index is -0.376. The van der Waals surface area contributed by atoms with Crippen LogP contribution in [0.1, 0.15) is 45.0 Å². The SMILES string of the molecule is CCc1nc(NN)c(C)c(NCC(O)C(CC)CC)n1. The van der Waals surface area contributed by atoms with Crippen LogP contribution in [0.3, 0.4) is 0 Å². The maximum atomic E-state index is 10.2. The molecule has 1 unspecified atom stereocenters. The van der Waals surface area contributed by atoms with E-state index >= 15 is 0 Å². The molecule has 1 aromatic rings. The molecule has 0 aliphatic heterocycles. The fourth-order valence-corrected chi connectivity index (χ4v) is 2.23. The second-order valence-electron chi connectivity index (χ2n) is 4.98. The summed E-state index contributed by atoms with van der Waals surface area (Å²) >= 11 is 0. The smallest absolute Gasteiger partial charge is 0.148 e. The summed E-state index contributed by atoms with van der Waals surface area (Å²) in [6.07, 6.45) is 2.30. The molecule has 1 rings (SSSR count). The van der Waals surface area contributed by atoms with E-state index in [1.807, 2.05) is 13.8 Å². The first-order valence-electron chi connectivity index (χ1n) is 7.33. The standard InChI is InChI=1S/C14H27N5O/c1-5-10(6-2)11(20)8-16-13-9(4)14(19-15)18-12(7-3)17-13/h10-11,20H,5-8,15H2,1-4H3,(H2,16,17,18,19). The summed E-state index contributed by atoms with van der Waals surface area (Å²) < 4.78 is 0. The molecule has 0 aliphatic carbocycles. The summed E-state index contributed by atoms with van der Waals surface area (Å²) in [5.74, 6) is 7.86. The first-order valence-corrected chi connectivity index (χ1v) is 7.33. The molecule has 6 heteroatoms. The normalized spacial score (nSPS) is 12.6. The Morgan fingerprint density at radius 1 is 1.15 bits per heavy atom. The lowest BCUT2D eigenvalue weighted by Crippen LogP contribution is -2.28. The number of anilines is 2. The number of aryl methyl sites for hydroxylation is 1. The van der Waals surface area contributed by atoms with Crippen molar-refractivity contribution in [3.05, 3.63) is 11.4 Å². The lowest BCUT2D eigenvalue weighted by atomic mass is 9.96. The largest absolute Gasteiger partial charge is 0.391 e. The Morgan fingerprint density at radius 3 is 2.25 bits per heavy atom. The van der Waals surface area contributed by atoms with Crippen LogP contribution in [0, 0.1) is 12.8 Å². The molecule has 6 nitrogen and oxygen atoms in total. The zero-order valence-corrected chi connectivity index (χ0v) is 12.9. The summed E-state index contributed by atoms with van der Waals surface area (Å²) in [6, 6.07) is 0. The maximum absolute atomic E-state index is 10.2. The van der Waals surface area contributed by atoms with Crippen molar-refractivity contribution in [1.29, 1.82) is 0 Å². The third-order valence-corrected chi connectivity index (χ3v) is 3.72. The van der Waals surface area contributed by atoms with Gasteiger partial charge in [-0.1, -0.05) is 33.6 Å². The Balaban J connectivity index is 2.81. The van der Waals surface area contributed by atoms with Crippen LogP contribution >= 0.6 is 0 Å². The molecule has 1 aromatic heterocycles. The number of hydrogen-bond donors (Lipinski definition) is 4. The monoisotopic (exact) mass is 281 g/mol. The van der Waals surface area contributed by atoms with Gasteiger partial charge in [-0.15, -0.1) is 0 Å². The van der Waals surface area contributed by atoms with E-state index in [9.17, 15) is 5.11 Å². The van der Waals surface area contributed by atoms with Crippen LogP contribution in [0.15, 0.2) is 0 Å². The van der Waals surface area contributed by atoms with Crippen LogP contribution in [0.2, 0.25) is 0 Å². The topological polar surface area (TPSA) is 96.1 Å². The summed E-state index contributed by atoms with van der Waals surface area (Å²) in [4.78, 5) is 8.77. The summed E-state index contributed by atoms with van der Waals surface area (Å²) in [5, 5.41) is 13.4. The zero-order valence-electron chi connectivity index (χ0n) is 12.9. The van der Waals surface area contributed by atoms with Crippen molar-refractivity contribution in [1.82, 2.24) is 9.97 Å². The van der Waals surface area contributed by atoms with Crippen LogP contribution < -0.4 is 16.6 Å². The van der Waals surface area contributed by atoms with E-state index in [0.717, 1.165) is 36.5 Å². The highest BCUT2D eigenvalue weighted by atomic mass is 16.3. The molecule has 0 amide bonds. The first kappa shape index (κ1) is 16.7. The number of nitrogen functional groups attached to an aromatic ring is 1. The van der Waals surface area contributed by atoms with Crippen molar-refractivity contribution in [2.45, 2.75) is 53.1 Å². The van der Waals surface area contributed by atoms with E-state index in [1.54, 1.807) is 0 Å². The quantitative estimate of drug-likeness (QED) is 0.429. The van der Waals surface area contributed by atoms with E-state index < -0.39 is 0 Å². The van der Waals surface area contributed by atoms with Gasteiger partial charge in [0.2, 0.25) is 0 Å². The van der Waals surface area contributed by atoms with Gasteiger partial charge in [0.25, 0.3) is 0 Å². The van der Waals surface area contributed by atoms with Crippen LogP contribution in [0.25, 0.3) is 0 Å². The van der Waals surface area contributed by atoms with Crippen molar-refractivity contribution < 1.29 is 5.11 Å². The fraction of sp³-hybridized carbons (Fsp3) is 0.714. The van der Waals surface area contributed by atoms with Gasteiger partial charge in [0.05, 0.1) is 6.10 Å². The molecule has 0 aromatic carbocycles. The molecular formula is C14H27N5O. The van der Waals surface area contributed by atoms with E-state index in [2.05, 4.69) is 34.6 Å². The van der Waals surface area contributed by atoms with E-state index in [1.165, 1.54) is 0 Å². The molecule has 0 spiro atoms. The average Bonchev–Trinajstić information content (AvgIpc) is 2.47. The molecule has 1 heterocycles. The van der Waals surface area contributed by atoms with Gasteiger partial charge in [0.15, 0.2) is 0 Å². The molecule has 0 fully saturated rings. The Labute approximate surface area is 121 Å². The third-order valence-electron chi connectivity index (χ3n) is 3.72. The number of aliphatic hydroxyl groups is 1. The Hall–Kier alpha value is -1.40. The van der Waals surface area contributed by atoms with E-state index in [0.29, 0.717) is 18.3 Å². The summed E-state index contributed by atoms with van der Waals surface area (Å²) in [6.45, 7) is 8.57. The highest BCUT2D eigenvalue weighted by Gasteiger charge is 2.16. The van der Waals surface area contributed by atoms with Gasteiger partial charge < -0.3 is 15.8 Å². The number of nitrogens with two attached hydrogens (primary N) is 1. The van der Waals surface area contributed by atoms with Crippen molar-refractivity contribution in [2.24, 2.45) is 11.8 Å². The highest BCUT2D eigenvalue weighted by Crippen LogP contribution is 2.20. The van der Waals surface area contributed by atoms with Crippen molar-refractivity contribution >= 4 is 11.6 Å². The highest BCUT2D eigenvalue weighted by molar-refractivity contribution is 5.56. The molecule has 5 N–H and O–H groups in total. The second-order valence-corrected chi connectivity index (χ2v) is 4.98. The van der Waals surface area contributed by atoms with Crippen LogP contribution in [0.5, 0.6) is 0 Å². The molecule has 0 bridgehead atoms. The minimum Gasteiger partial charge on any atom is -0.391 e. The van der Waals surface area contributed by atoms with Crippen molar-refractivity contribution in [3.63, 3.8) is 0 Å². The second kappa shape index (κ2) is 8.01. The van der Waals surface area contributed by atoms with Crippen molar-refractivity contribution in [2.75, 3.05) is 17.3 Å². The lowest BCUT2D eigenvalue weighted by molar-refractivity contribution is 0.114. The van der Waals surface area contributed by atoms with Gasteiger partial charge in [-0.2, -0.15) is 0 Å². The predicted molar refractivity (Wildman–Crippen MR) is 82.5 cm³/mol. The molecule has 0 radical (unpaired) electrons. The number of hydrogen-bond acceptors (Lipinski definition) is 6. The number of aliphatic hydroxyl groups excluding tert-OH is 1. The number of hydrazine groups is 1. The molecule has 20 heavy (non-hydrogen) atoms. The fourth-order valence-electron chi connectivity index (χ4n) is 2.23. The average molecular weight is 281 g/mol. The predicted octanol–water partition coefficient (Wildman–Crippen LogP) is 1.84. The van der Waals surface area contributed by atoms with Crippen LogP contribution in [-0.4, -0.2) is 27.7 Å². The van der Waals surface area contributed by atoms with Gasteiger partial charge in [0.1, 0.15) is 17.5 Å². The Morgan fingerprint density at radius 2 is 1.75 bits per heavy atom. The van der Waals surface area contributed by atoms with Crippen molar-refractivity contribution in [3.8, 4) is 0 Å². The van der Waals surface area contributed by atoms with E-state index in [4.69, 9.17) is 5.84 Å². The zero-order chi connectivity index (χ0) is 15.1. The molecule has 0 saturated carbocycles. The Kier molecular flexibility index (Phi) is 6.67. The van der Waals surface area contributed by atoms with Crippen LogP contribution in [-0.2, 0) is 6.42 Å². The first-order chi connectivity index (χ1) is 9.57. The molecular weight excluding hydrogens is 254 g/mol. The number of nitrogens with one attached hydrogen (secondary N) is 2. The molecule has 0 aliphatic rings. The van der Waals surface area contributed by atoms with Gasteiger partial charge in [-0.05, 0) is 12.8 Å². The molecule has 0 saturated heterocycles. The lowest BCUT2D eigenvalue weighted by Gasteiger charge is -2.21. The number of nitrogens with zero attached hydrogens (tertiary/aromatic N) is 2. The van der Waals surface area contributed by atoms with Gasteiger partial charge >= 0.3 is 0 Å². The van der Waals surface area contributed by atoms with Crippen LogP contribution in [0.4, 0.5) is 11.6 Å². The molecule has 1 atom stereocenters. The summed E-state index contributed by atoms with van der Waals surface area (Å²) in [5.41, 5.74) is 3.45. The minimum absolute atomic E-state index is 0.308. The maximum Gasteiger partial charge on any atom is 0.148 e. The van der Waals surface area contributed by atoms with Gasteiger partial charge in [-0.25, -0.2) is 15.8 Å². The third kappa shape index (κ3) is 4.05. The Bertz CT molecular complexity index is 420.